The van der Waals surface area contributed by atoms with Crippen molar-refractivity contribution in [2.75, 3.05) is 32.4 Å². The number of benzene rings is 3. The average molecular weight is 883 g/mol. The summed E-state index contributed by atoms with van der Waals surface area (Å²) in [5.41, 5.74) is 4.39. The zero-order valence-electron chi connectivity index (χ0n) is 32.9. The van der Waals surface area contributed by atoms with Crippen LogP contribution in [-0.4, -0.2) is 125 Å². The SMILES string of the molecule is COc1cc2c(c(OC)c1O[C@@H]1O[C@H](CO)[C@@H](O)[C@H](O)[C@H]1O)-c1ccc(SC)c(=O)cc1[C@@H](NC(C)=O)CC2.O=C(O)Cc1ccccc1Nc1c(Cl)cccc1Cl.[Na]. The second kappa shape index (κ2) is 21.8. The molecule has 4 aromatic carbocycles. The number of aliphatic hydroxyl groups excluding tert-OH is 4. The second-order valence-corrected chi connectivity index (χ2v) is 15.0. The first-order valence-corrected chi connectivity index (χ1v) is 20.0. The minimum atomic E-state index is -1.66. The van der Waals surface area contributed by atoms with Gasteiger partial charge in [-0.1, -0.05) is 53.5 Å². The van der Waals surface area contributed by atoms with Crippen molar-refractivity contribution in [2.45, 2.75) is 67.8 Å². The van der Waals surface area contributed by atoms with Crippen molar-refractivity contribution in [3.63, 3.8) is 0 Å². The van der Waals surface area contributed by atoms with Crippen LogP contribution in [0.5, 0.6) is 17.2 Å². The molecule has 18 heteroatoms. The van der Waals surface area contributed by atoms with E-state index in [1.54, 1.807) is 60.9 Å². The Morgan fingerprint density at radius 1 is 0.932 bits per heavy atom. The molecular formula is C41H44Cl2N2NaO12S. The fraction of sp³-hybridized carbons (Fsp3) is 0.341. The van der Waals surface area contributed by atoms with Crippen molar-refractivity contribution < 1.29 is 54.1 Å². The van der Waals surface area contributed by atoms with Gasteiger partial charge in [-0.05, 0) is 77.7 Å². The van der Waals surface area contributed by atoms with E-state index < -0.39 is 49.3 Å². The third-order valence-electron chi connectivity index (χ3n) is 9.56. The summed E-state index contributed by atoms with van der Waals surface area (Å²) < 4.78 is 23.0. The van der Waals surface area contributed by atoms with Gasteiger partial charge in [-0.15, -0.1) is 11.8 Å². The Morgan fingerprint density at radius 2 is 1.63 bits per heavy atom. The van der Waals surface area contributed by atoms with Gasteiger partial charge in [0, 0.05) is 47.7 Å². The molecule has 0 unspecified atom stereocenters. The van der Waals surface area contributed by atoms with E-state index in [0.717, 1.165) is 5.56 Å². The van der Waals surface area contributed by atoms with E-state index in [1.165, 1.54) is 39.0 Å². The number of thioether (sulfide) groups is 1. The number of rotatable bonds is 11. The van der Waals surface area contributed by atoms with Crippen LogP contribution < -0.4 is 30.3 Å². The second-order valence-electron chi connectivity index (χ2n) is 13.3. The maximum atomic E-state index is 13.0. The van der Waals surface area contributed by atoms with Crippen LogP contribution in [0.4, 0.5) is 11.4 Å². The Bertz CT molecular complexity index is 2180. The van der Waals surface area contributed by atoms with Crippen LogP contribution in [0, 0.1) is 0 Å². The van der Waals surface area contributed by atoms with Crippen molar-refractivity contribution in [1.82, 2.24) is 5.32 Å². The fourth-order valence-electron chi connectivity index (χ4n) is 6.77. The number of para-hydroxylation sites is 2. The maximum Gasteiger partial charge on any atom is 0.307 e. The summed E-state index contributed by atoms with van der Waals surface area (Å²) in [6.45, 7) is 0.801. The quantitative estimate of drug-likeness (QED) is 0.0802. The zero-order chi connectivity index (χ0) is 42.3. The van der Waals surface area contributed by atoms with Crippen molar-refractivity contribution in [2.24, 2.45) is 0 Å². The Hall–Kier alpha value is -3.58. The molecule has 0 spiro atoms. The first-order chi connectivity index (χ1) is 27.7. The van der Waals surface area contributed by atoms with Gasteiger partial charge in [0.05, 0.1) is 53.9 Å². The topological polar surface area (TPSA) is 213 Å². The first-order valence-electron chi connectivity index (χ1n) is 18.0. The molecule has 7 N–H and O–H groups in total. The molecule has 1 radical (unpaired) electrons. The van der Waals surface area contributed by atoms with Crippen molar-refractivity contribution in [3.8, 4) is 28.4 Å². The number of hydrogen-bond acceptors (Lipinski definition) is 13. The number of aliphatic carboxylic acids is 1. The van der Waals surface area contributed by atoms with Gasteiger partial charge in [0.2, 0.25) is 17.9 Å². The van der Waals surface area contributed by atoms with Crippen molar-refractivity contribution in [1.29, 1.82) is 0 Å². The van der Waals surface area contributed by atoms with Gasteiger partial charge in [-0.2, -0.15) is 0 Å². The molecule has 0 bridgehead atoms. The van der Waals surface area contributed by atoms with E-state index >= 15 is 0 Å². The van der Waals surface area contributed by atoms with Gasteiger partial charge >= 0.3 is 5.97 Å². The molecule has 14 nitrogen and oxygen atoms in total. The third-order valence-corrected chi connectivity index (χ3v) is 11.0. The number of carbonyl (C=O) groups excluding carboxylic acids is 1. The predicted octanol–water partition coefficient (Wildman–Crippen LogP) is 4.74. The van der Waals surface area contributed by atoms with Gasteiger partial charge in [0.1, 0.15) is 24.4 Å². The molecule has 59 heavy (non-hydrogen) atoms. The largest absolute Gasteiger partial charge is 0.493 e. The number of nitrogens with one attached hydrogen (secondary N) is 2. The van der Waals surface area contributed by atoms with Gasteiger partial charge in [-0.3, -0.25) is 14.4 Å². The number of methoxy groups -OCH3 is 2. The van der Waals surface area contributed by atoms with Crippen LogP contribution in [-0.2, 0) is 27.2 Å². The molecule has 2 aliphatic rings. The van der Waals surface area contributed by atoms with Crippen LogP contribution in [0.2, 0.25) is 10.0 Å². The number of aliphatic hydroxyl groups is 4. The van der Waals surface area contributed by atoms with E-state index in [0.29, 0.717) is 61.4 Å². The van der Waals surface area contributed by atoms with E-state index in [2.05, 4.69) is 10.6 Å². The molecule has 4 aromatic rings. The number of carbonyl (C=O) groups is 2. The Labute approximate surface area is 377 Å². The number of fused-ring (bicyclic) bond motifs is 3. The molecule has 1 aliphatic heterocycles. The van der Waals surface area contributed by atoms with E-state index in [4.69, 9.17) is 47.3 Å². The first kappa shape index (κ1) is 48.1. The molecule has 1 aliphatic carbocycles. The molecule has 1 saturated heterocycles. The summed E-state index contributed by atoms with van der Waals surface area (Å²) in [4.78, 5) is 36.4. The molecule has 6 rings (SSSR count). The third kappa shape index (κ3) is 11.2. The summed E-state index contributed by atoms with van der Waals surface area (Å²) in [5.74, 6) is -0.616. The van der Waals surface area contributed by atoms with Crippen molar-refractivity contribution >= 4 is 87.8 Å². The summed E-state index contributed by atoms with van der Waals surface area (Å²) in [6.07, 6.45) is -4.77. The molecule has 1 heterocycles. The molecule has 0 saturated carbocycles. The number of anilines is 2. The van der Waals surface area contributed by atoms with Crippen LogP contribution in [0.25, 0.3) is 11.1 Å². The summed E-state index contributed by atoms with van der Waals surface area (Å²) in [6, 6.07) is 18.7. The van der Waals surface area contributed by atoms with Crippen molar-refractivity contribution in [3.05, 3.63) is 104 Å². The minimum absolute atomic E-state index is 0. The number of carboxylic acids is 1. The maximum absolute atomic E-state index is 13.0. The van der Waals surface area contributed by atoms with Gasteiger partial charge in [-0.25, -0.2) is 0 Å². The molecule has 6 atom stereocenters. The minimum Gasteiger partial charge on any atom is -0.493 e. The van der Waals surface area contributed by atoms with Crippen LogP contribution >= 0.6 is 35.0 Å². The number of hydrogen-bond donors (Lipinski definition) is 7. The molecule has 0 aromatic heterocycles. The van der Waals surface area contributed by atoms with Gasteiger partial charge < -0.3 is 55.1 Å². The smallest absolute Gasteiger partial charge is 0.307 e. The summed E-state index contributed by atoms with van der Waals surface area (Å²) >= 11 is 13.5. The normalized spacial score (nSPS) is 20.5. The van der Waals surface area contributed by atoms with Crippen LogP contribution in [0.15, 0.2) is 76.4 Å². The van der Waals surface area contributed by atoms with Gasteiger partial charge in [0.25, 0.3) is 0 Å². The number of amides is 1. The summed E-state index contributed by atoms with van der Waals surface area (Å²) in [7, 11) is 2.86. The zero-order valence-corrected chi connectivity index (χ0v) is 37.2. The van der Waals surface area contributed by atoms with Crippen LogP contribution in [0.3, 0.4) is 0 Å². The fourth-order valence-corrected chi connectivity index (χ4v) is 7.73. The average Bonchev–Trinajstić information content (AvgIpc) is 3.44. The summed E-state index contributed by atoms with van der Waals surface area (Å²) in [5, 5.41) is 56.5. The Morgan fingerprint density at radius 3 is 2.24 bits per heavy atom. The molecular weight excluding hydrogens is 838 g/mol. The predicted molar refractivity (Wildman–Crippen MR) is 226 cm³/mol. The number of halogens is 2. The van der Waals surface area contributed by atoms with E-state index in [-0.39, 0.29) is 64.6 Å². The number of ether oxygens (including phenoxy) is 4. The number of aryl methyl sites for hydroxylation is 1. The van der Waals surface area contributed by atoms with E-state index in [1.807, 2.05) is 6.07 Å². The Balaban J connectivity index is 0.000000322. The number of carboxylic acid groups (broad SMARTS) is 1. The Kier molecular flexibility index (Phi) is 17.8. The standard InChI is InChI=1S/C27H33NO10S.C14H11Cl2NO2.Na/c1-12(30)28-16-7-5-13-9-18(35-2)25(38-27-24(34)23(33)22(32)19(11-29)37-27)26(36-3)21(13)14-6-8-20(39-4)17(31)10-15(14)16;15-10-5-3-6-11(16)14(10)17-12-7-2-1-4-9(12)8-13(18)19;/h6,8-10,16,19,22-24,27,29,32-34H,5,7,11H2,1-4H3,(H,28,30);1-7,17H,8H2,(H,18,19);/t16-,19+,22+,23-,24+,27-;;/m0../s1. The van der Waals surface area contributed by atoms with Crippen LogP contribution in [0.1, 0.15) is 36.1 Å². The monoisotopic (exact) mass is 881 g/mol. The van der Waals surface area contributed by atoms with E-state index in [9.17, 15) is 34.8 Å². The molecule has 1 fully saturated rings. The molecule has 311 valence electrons. The molecule has 1 amide bonds. The van der Waals surface area contributed by atoms with Gasteiger partial charge in [0.15, 0.2) is 16.9 Å².